The molecular formula is C15H19BrN2O3. The average Bonchev–Trinajstić information content (AvgIpc) is 2.53. The lowest BCUT2D eigenvalue weighted by Crippen LogP contribution is -2.45. The highest BCUT2D eigenvalue weighted by Crippen LogP contribution is 2.24. The molecular weight excluding hydrogens is 336 g/mol. The van der Waals surface area contributed by atoms with Crippen molar-refractivity contribution in [2.24, 2.45) is 5.92 Å². The minimum Gasteiger partial charge on any atom is -0.496 e. The van der Waals surface area contributed by atoms with Gasteiger partial charge < -0.3 is 4.74 Å². The van der Waals surface area contributed by atoms with Gasteiger partial charge in [-0.05, 0) is 31.0 Å². The maximum absolute atomic E-state index is 12.1. The number of halogens is 1. The molecule has 2 N–H and O–H groups in total. The normalized spacial score (nSPS) is 15.3. The molecule has 1 aliphatic carbocycles. The summed E-state index contributed by atoms with van der Waals surface area (Å²) in [5, 5.41) is 0. The first-order chi connectivity index (χ1) is 10.1. The number of carbonyl (C=O) groups is 2. The van der Waals surface area contributed by atoms with Crippen molar-refractivity contribution in [1.82, 2.24) is 10.9 Å². The standard InChI is InChI=1S/C15H19BrN2O3/c1-21-13-8-7-11(16)9-12(13)15(20)18-17-14(19)10-5-3-2-4-6-10/h7-10H,2-6H2,1H3,(H,17,19)(H,18,20). The van der Waals surface area contributed by atoms with Crippen LogP contribution in [0.3, 0.4) is 0 Å². The van der Waals surface area contributed by atoms with Gasteiger partial charge in [-0.15, -0.1) is 0 Å². The van der Waals surface area contributed by atoms with Crippen molar-refractivity contribution >= 4 is 27.7 Å². The largest absolute Gasteiger partial charge is 0.496 e. The Kier molecular flexibility index (Phi) is 5.61. The molecule has 2 amide bonds. The van der Waals surface area contributed by atoms with E-state index in [0.29, 0.717) is 11.3 Å². The highest BCUT2D eigenvalue weighted by molar-refractivity contribution is 9.10. The first kappa shape index (κ1) is 15.8. The molecule has 0 saturated heterocycles. The average molecular weight is 355 g/mol. The number of carbonyl (C=O) groups excluding carboxylic acids is 2. The van der Waals surface area contributed by atoms with Crippen LogP contribution in [0.2, 0.25) is 0 Å². The maximum Gasteiger partial charge on any atom is 0.273 e. The minimum atomic E-state index is -0.391. The number of rotatable bonds is 3. The van der Waals surface area contributed by atoms with Gasteiger partial charge in [0.2, 0.25) is 5.91 Å². The predicted molar refractivity (Wildman–Crippen MR) is 82.9 cm³/mol. The number of nitrogens with one attached hydrogen (secondary N) is 2. The molecule has 1 aromatic rings. The van der Waals surface area contributed by atoms with Crippen LogP contribution in [0.25, 0.3) is 0 Å². The van der Waals surface area contributed by atoms with E-state index in [0.717, 1.165) is 30.2 Å². The molecule has 2 rings (SSSR count). The molecule has 0 unspecified atom stereocenters. The Morgan fingerprint density at radius 1 is 1.19 bits per heavy atom. The van der Waals surface area contributed by atoms with E-state index in [-0.39, 0.29) is 11.8 Å². The van der Waals surface area contributed by atoms with Crippen LogP contribution < -0.4 is 15.6 Å². The summed E-state index contributed by atoms with van der Waals surface area (Å²) in [6.07, 6.45) is 5.12. The van der Waals surface area contributed by atoms with Gasteiger partial charge in [-0.1, -0.05) is 35.2 Å². The quantitative estimate of drug-likeness (QED) is 0.820. The number of methoxy groups -OCH3 is 1. The summed E-state index contributed by atoms with van der Waals surface area (Å²) in [7, 11) is 1.50. The van der Waals surface area contributed by atoms with Crippen molar-refractivity contribution in [3.05, 3.63) is 28.2 Å². The molecule has 1 aromatic carbocycles. The van der Waals surface area contributed by atoms with Crippen LogP contribution in [0.15, 0.2) is 22.7 Å². The molecule has 6 heteroatoms. The fraction of sp³-hybridized carbons (Fsp3) is 0.467. The second kappa shape index (κ2) is 7.45. The molecule has 0 aromatic heterocycles. The molecule has 0 heterocycles. The highest BCUT2D eigenvalue weighted by Gasteiger charge is 2.22. The first-order valence-electron chi connectivity index (χ1n) is 7.05. The van der Waals surface area contributed by atoms with Crippen molar-refractivity contribution in [2.45, 2.75) is 32.1 Å². The monoisotopic (exact) mass is 354 g/mol. The first-order valence-corrected chi connectivity index (χ1v) is 7.85. The summed E-state index contributed by atoms with van der Waals surface area (Å²) in [5.74, 6) is -0.0413. The number of amides is 2. The zero-order valence-corrected chi connectivity index (χ0v) is 13.5. The van der Waals surface area contributed by atoms with Gasteiger partial charge in [-0.25, -0.2) is 0 Å². The van der Waals surface area contributed by atoms with Gasteiger partial charge >= 0.3 is 0 Å². The second-order valence-corrected chi connectivity index (χ2v) is 6.04. The molecule has 5 nitrogen and oxygen atoms in total. The van der Waals surface area contributed by atoms with E-state index >= 15 is 0 Å². The summed E-state index contributed by atoms with van der Waals surface area (Å²) >= 11 is 3.31. The molecule has 0 aliphatic heterocycles. The van der Waals surface area contributed by atoms with Crippen molar-refractivity contribution in [3.63, 3.8) is 0 Å². The van der Waals surface area contributed by atoms with Crippen LogP contribution in [0.5, 0.6) is 5.75 Å². The van der Waals surface area contributed by atoms with E-state index in [4.69, 9.17) is 4.74 Å². The Balaban J connectivity index is 1.95. The number of ether oxygens (including phenoxy) is 1. The van der Waals surface area contributed by atoms with Crippen molar-refractivity contribution < 1.29 is 14.3 Å². The molecule has 21 heavy (non-hydrogen) atoms. The highest BCUT2D eigenvalue weighted by atomic mass is 79.9. The van der Waals surface area contributed by atoms with Gasteiger partial charge in [0.05, 0.1) is 12.7 Å². The van der Waals surface area contributed by atoms with E-state index in [1.54, 1.807) is 18.2 Å². The summed E-state index contributed by atoms with van der Waals surface area (Å²) in [5.41, 5.74) is 5.34. The molecule has 0 radical (unpaired) electrons. The summed E-state index contributed by atoms with van der Waals surface area (Å²) in [6.45, 7) is 0. The van der Waals surface area contributed by atoms with E-state index in [2.05, 4.69) is 26.8 Å². The van der Waals surface area contributed by atoms with Crippen molar-refractivity contribution in [2.75, 3.05) is 7.11 Å². The van der Waals surface area contributed by atoms with Crippen LogP contribution in [0, 0.1) is 5.92 Å². The Bertz CT molecular complexity index is 528. The molecule has 1 aliphatic rings. The molecule has 0 spiro atoms. The fourth-order valence-electron chi connectivity index (χ4n) is 2.51. The molecule has 1 fully saturated rings. The lowest BCUT2D eigenvalue weighted by molar-refractivity contribution is -0.126. The second-order valence-electron chi connectivity index (χ2n) is 5.12. The Morgan fingerprint density at radius 3 is 2.57 bits per heavy atom. The summed E-state index contributed by atoms with van der Waals surface area (Å²) in [6, 6.07) is 5.14. The number of benzene rings is 1. The van der Waals surface area contributed by atoms with Crippen LogP contribution in [-0.2, 0) is 4.79 Å². The number of hydrogen-bond donors (Lipinski definition) is 2. The van der Waals surface area contributed by atoms with E-state index in [1.807, 2.05) is 0 Å². The van der Waals surface area contributed by atoms with Gasteiger partial charge in [-0.2, -0.15) is 0 Å². The summed E-state index contributed by atoms with van der Waals surface area (Å²) in [4.78, 5) is 24.1. The van der Waals surface area contributed by atoms with Gasteiger partial charge in [0.1, 0.15) is 5.75 Å². The predicted octanol–water partition coefficient (Wildman–Crippen LogP) is 2.80. The van der Waals surface area contributed by atoms with Crippen molar-refractivity contribution in [3.8, 4) is 5.75 Å². The number of hydrogen-bond acceptors (Lipinski definition) is 3. The Morgan fingerprint density at radius 2 is 1.90 bits per heavy atom. The van der Waals surface area contributed by atoms with E-state index in [1.165, 1.54) is 13.5 Å². The topological polar surface area (TPSA) is 67.4 Å². The van der Waals surface area contributed by atoms with Crippen molar-refractivity contribution in [1.29, 1.82) is 0 Å². The third-order valence-electron chi connectivity index (χ3n) is 3.68. The lowest BCUT2D eigenvalue weighted by Gasteiger charge is -2.21. The van der Waals surface area contributed by atoms with Gasteiger partial charge in [0.25, 0.3) is 5.91 Å². The van der Waals surface area contributed by atoms with Gasteiger partial charge in [0.15, 0.2) is 0 Å². The molecule has 1 saturated carbocycles. The van der Waals surface area contributed by atoms with Crippen LogP contribution in [0.4, 0.5) is 0 Å². The fourth-order valence-corrected chi connectivity index (χ4v) is 2.87. The van der Waals surface area contributed by atoms with Gasteiger partial charge in [0, 0.05) is 10.4 Å². The third kappa shape index (κ3) is 4.20. The van der Waals surface area contributed by atoms with Crippen LogP contribution in [-0.4, -0.2) is 18.9 Å². The van der Waals surface area contributed by atoms with Gasteiger partial charge in [-0.3, -0.25) is 20.4 Å². The number of hydrazine groups is 1. The molecule has 114 valence electrons. The third-order valence-corrected chi connectivity index (χ3v) is 4.17. The zero-order chi connectivity index (χ0) is 15.2. The summed E-state index contributed by atoms with van der Waals surface area (Å²) < 4.78 is 5.92. The minimum absolute atomic E-state index is 0.00320. The van der Waals surface area contributed by atoms with Crippen LogP contribution in [0.1, 0.15) is 42.5 Å². The molecule has 0 atom stereocenters. The SMILES string of the molecule is COc1ccc(Br)cc1C(=O)NNC(=O)C1CCCCC1. The maximum atomic E-state index is 12.1. The smallest absolute Gasteiger partial charge is 0.273 e. The molecule has 0 bridgehead atoms. The Labute approximate surface area is 132 Å². The van der Waals surface area contributed by atoms with E-state index in [9.17, 15) is 9.59 Å². The van der Waals surface area contributed by atoms with E-state index < -0.39 is 5.91 Å². The Hall–Kier alpha value is -1.56. The van der Waals surface area contributed by atoms with Crippen LogP contribution >= 0.6 is 15.9 Å². The zero-order valence-electron chi connectivity index (χ0n) is 11.9. The lowest BCUT2D eigenvalue weighted by atomic mass is 9.89.